The zero-order valence-corrected chi connectivity index (χ0v) is 41.5. The van der Waals surface area contributed by atoms with Gasteiger partial charge in [0, 0.05) is 6.42 Å². The molecular weight excluding hydrogens is 791 g/mol. The molecule has 1 fully saturated rings. The highest BCUT2D eigenvalue weighted by molar-refractivity contribution is 5.76. The van der Waals surface area contributed by atoms with Gasteiger partial charge in [-0.15, -0.1) is 0 Å². The molecule has 0 saturated carbocycles. The van der Waals surface area contributed by atoms with Gasteiger partial charge in [0.1, 0.15) is 24.4 Å². The van der Waals surface area contributed by atoms with Crippen molar-refractivity contribution in [3.8, 4) is 0 Å². The number of rotatable bonds is 47. The lowest BCUT2D eigenvalue weighted by Crippen LogP contribution is -2.59. The molecular formula is C54H107NO8. The zero-order chi connectivity index (χ0) is 46.0. The lowest BCUT2D eigenvalue weighted by Gasteiger charge is -2.40. The maximum Gasteiger partial charge on any atom is 0.220 e. The fraction of sp³-hybridized carbons (Fsp3) is 0.981. The molecule has 0 bridgehead atoms. The molecule has 9 nitrogen and oxygen atoms in total. The van der Waals surface area contributed by atoms with E-state index in [0.717, 1.165) is 38.5 Å². The largest absolute Gasteiger partial charge is 0.394 e. The number of aliphatic hydroxyl groups excluding tert-OH is 6. The summed E-state index contributed by atoms with van der Waals surface area (Å²) in [6, 6.07) is -0.763. The van der Waals surface area contributed by atoms with E-state index >= 15 is 0 Å². The Kier molecular flexibility index (Phi) is 41.8. The molecule has 1 rings (SSSR count). The Morgan fingerprint density at radius 2 is 0.762 bits per heavy atom. The molecule has 376 valence electrons. The van der Waals surface area contributed by atoms with Crippen LogP contribution in [0.5, 0.6) is 0 Å². The van der Waals surface area contributed by atoms with Crippen molar-refractivity contribution in [3.05, 3.63) is 0 Å². The summed E-state index contributed by atoms with van der Waals surface area (Å²) >= 11 is 0. The third kappa shape index (κ3) is 33.3. The second kappa shape index (κ2) is 43.7. The minimum absolute atomic E-state index is 0.161. The van der Waals surface area contributed by atoms with Crippen molar-refractivity contribution >= 4 is 5.91 Å². The Bertz CT molecular complexity index is 970. The van der Waals surface area contributed by atoms with Crippen LogP contribution in [0.15, 0.2) is 0 Å². The topological polar surface area (TPSA) is 160 Å². The van der Waals surface area contributed by atoms with E-state index in [4.69, 9.17) is 4.74 Å². The second-order valence-corrected chi connectivity index (χ2v) is 19.9. The number of hydrogen-bond acceptors (Lipinski definition) is 8. The van der Waals surface area contributed by atoms with Gasteiger partial charge in [-0.05, 0) is 25.7 Å². The number of hydrogen-bond donors (Lipinski definition) is 7. The number of unbranched alkanes of at least 4 members (excludes halogenated alkanes) is 36. The molecule has 0 spiro atoms. The first-order valence-corrected chi connectivity index (χ1v) is 27.7. The predicted molar refractivity (Wildman–Crippen MR) is 263 cm³/mol. The van der Waals surface area contributed by atoms with Crippen molar-refractivity contribution in [1.82, 2.24) is 5.32 Å². The summed E-state index contributed by atoms with van der Waals surface area (Å²) in [5.74, 6) is -0.172. The Labute approximate surface area is 389 Å². The number of aliphatic hydroxyl groups is 6. The quantitative estimate of drug-likeness (QED) is 0.0297. The number of amides is 1. The van der Waals surface area contributed by atoms with Gasteiger partial charge in [0.05, 0.1) is 31.0 Å². The second-order valence-electron chi connectivity index (χ2n) is 19.9. The van der Waals surface area contributed by atoms with Crippen LogP contribution in [0.4, 0.5) is 0 Å². The Morgan fingerprint density at radius 1 is 0.444 bits per heavy atom. The van der Waals surface area contributed by atoms with E-state index in [-0.39, 0.29) is 18.7 Å². The SMILES string of the molecule is CCCCCCCCCCCCCCCCCCCCCCCCCCCCC(=O)N[C@@H](CC[C@H]1O[C@H](CO)[C@H](O)[C@H](O)[C@H]1O)[C@H](O)[C@H](O)CCCCCCCCCCCCCC. The number of carbonyl (C=O) groups excluding carboxylic acids is 1. The molecule has 7 N–H and O–H groups in total. The molecule has 1 saturated heterocycles. The van der Waals surface area contributed by atoms with Crippen LogP contribution in [0.2, 0.25) is 0 Å². The van der Waals surface area contributed by atoms with E-state index in [1.807, 2.05) is 0 Å². The van der Waals surface area contributed by atoms with Gasteiger partial charge in [0.15, 0.2) is 0 Å². The van der Waals surface area contributed by atoms with Crippen LogP contribution in [-0.4, -0.2) is 91.9 Å². The first-order valence-electron chi connectivity index (χ1n) is 27.7. The van der Waals surface area contributed by atoms with Crippen molar-refractivity contribution in [3.63, 3.8) is 0 Å². The molecule has 0 radical (unpaired) electrons. The predicted octanol–water partition coefficient (Wildman–Crippen LogP) is 12.5. The van der Waals surface area contributed by atoms with E-state index in [1.54, 1.807) is 0 Å². The zero-order valence-electron chi connectivity index (χ0n) is 41.5. The van der Waals surface area contributed by atoms with Gasteiger partial charge in [0.2, 0.25) is 5.91 Å². The molecule has 9 heteroatoms. The average Bonchev–Trinajstić information content (AvgIpc) is 3.28. The third-order valence-corrected chi connectivity index (χ3v) is 14.0. The first kappa shape index (κ1) is 60.2. The van der Waals surface area contributed by atoms with Crippen molar-refractivity contribution in [2.45, 2.75) is 332 Å². The number of carbonyl (C=O) groups is 1. The molecule has 0 aromatic rings. The average molecular weight is 898 g/mol. The van der Waals surface area contributed by atoms with Crippen LogP contribution in [-0.2, 0) is 9.53 Å². The fourth-order valence-electron chi connectivity index (χ4n) is 9.60. The Morgan fingerprint density at radius 3 is 1.11 bits per heavy atom. The van der Waals surface area contributed by atoms with Crippen molar-refractivity contribution < 1.29 is 40.2 Å². The molecule has 0 aromatic heterocycles. The lowest BCUT2D eigenvalue weighted by molar-refractivity contribution is -0.231. The van der Waals surface area contributed by atoms with Crippen molar-refractivity contribution in [2.75, 3.05) is 6.61 Å². The minimum atomic E-state index is -1.48. The van der Waals surface area contributed by atoms with Crippen LogP contribution in [0, 0.1) is 0 Å². The highest BCUT2D eigenvalue weighted by Gasteiger charge is 2.43. The van der Waals surface area contributed by atoms with Gasteiger partial charge >= 0.3 is 0 Å². The molecule has 0 aliphatic carbocycles. The summed E-state index contributed by atoms with van der Waals surface area (Å²) in [5.41, 5.74) is 0. The lowest BCUT2D eigenvalue weighted by atomic mass is 9.90. The smallest absolute Gasteiger partial charge is 0.220 e. The molecule has 0 aromatic carbocycles. The molecule has 1 aliphatic rings. The fourth-order valence-corrected chi connectivity index (χ4v) is 9.60. The number of ether oxygens (including phenoxy) is 1. The van der Waals surface area contributed by atoms with Crippen molar-refractivity contribution in [1.29, 1.82) is 0 Å². The van der Waals surface area contributed by atoms with E-state index in [9.17, 15) is 35.4 Å². The van der Waals surface area contributed by atoms with Gasteiger partial charge in [-0.1, -0.05) is 251 Å². The van der Waals surface area contributed by atoms with E-state index in [2.05, 4.69) is 19.2 Å². The minimum Gasteiger partial charge on any atom is -0.394 e. The molecule has 0 unspecified atom stereocenters. The summed E-state index contributed by atoms with van der Waals surface area (Å²) in [6.07, 6.45) is 42.0. The highest BCUT2D eigenvalue weighted by Crippen LogP contribution is 2.26. The van der Waals surface area contributed by atoms with Gasteiger partial charge in [0.25, 0.3) is 0 Å². The molecule has 63 heavy (non-hydrogen) atoms. The highest BCUT2D eigenvalue weighted by atomic mass is 16.5. The summed E-state index contributed by atoms with van der Waals surface area (Å²) in [4.78, 5) is 13.1. The van der Waals surface area contributed by atoms with Crippen LogP contribution in [0.25, 0.3) is 0 Å². The maximum atomic E-state index is 13.1. The van der Waals surface area contributed by atoms with E-state index in [1.165, 1.54) is 205 Å². The van der Waals surface area contributed by atoms with Crippen LogP contribution >= 0.6 is 0 Å². The molecule has 8 atom stereocenters. The van der Waals surface area contributed by atoms with Crippen LogP contribution in [0.1, 0.15) is 284 Å². The van der Waals surface area contributed by atoms with E-state index in [0.29, 0.717) is 12.8 Å². The van der Waals surface area contributed by atoms with Crippen LogP contribution in [0.3, 0.4) is 0 Å². The number of nitrogens with one attached hydrogen (secondary N) is 1. The normalized spacial score (nSPS) is 20.5. The summed E-state index contributed by atoms with van der Waals surface area (Å²) in [7, 11) is 0. The summed E-state index contributed by atoms with van der Waals surface area (Å²) in [6.45, 7) is 4.02. The monoisotopic (exact) mass is 898 g/mol. The molecule has 1 aliphatic heterocycles. The Hall–Kier alpha value is -0.810. The van der Waals surface area contributed by atoms with Crippen molar-refractivity contribution in [2.24, 2.45) is 0 Å². The van der Waals surface area contributed by atoms with Gasteiger partial charge in [-0.3, -0.25) is 4.79 Å². The van der Waals surface area contributed by atoms with Gasteiger partial charge < -0.3 is 40.7 Å². The summed E-state index contributed by atoms with van der Waals surface area (Å²) < 4.78 is 5.69. The Balaban J connectivity index is 2.21. The van der Waals surface area contributed by atoms with Crippen LogP contribution < -0.4 is 5.32 Å². The third-order valence-electron chi connectivity index (χ3n) is 14.0. The summed E-state index contributed by atoms with van der Waals surface area (Å²) in [5, 5.41) is 65.9. The standard InChI is InChI=1S/C54H107NO8/c1-3-5-7-9-11-13-15-17-18-19-20-21-22-23-24-25-26-27-28-29-30-32-34-36-38-40-42-50(58)55-46(43-44-48-52(60)54(62)53(61)49(45-56)63-48)51(59)47(57)41-39-37-35-33-31-16-14-12-10-8-6-4-2/h46-49,51-54,56-57,59-62H,3-45H2,1-2H3,(H,55,58)/t46-,47+,48+,49+,51-,52-,53-,54+/m0/s1. The van der Waals surface area contributed by atoms with E-state index < -0.39 is 55.4 Å². The molecule has 1 amide bonds. The first-order chi connectivity index (χ1) is 30.8. The van der Waals surface area contributed by atoms with Gasteiger partial charge in [-0.25, -0.2) is 0 Å². The van der Waals surface area contributed by atoms with Gasteiger partial charge in [-0.2, -0.15) is 0 Å². The molecule has 1 heterocycles. The maximum absolute atomic E-state index is 13.1.